The average molecular weight is 357 g/mol. The van der Waals surface area contributed by atoms with Gasteiger partial charge in [-0.05, 0) is 44.2 Å². The van der Waals surface area contributed by atoms with Crippen molar-refractivity contribution in [1.29, 1.82) is 0 Å². The van der Waals surface area contributed by atoms with Crippen molar-refractivity contribution in [3.63, 3.8) is 0 Å². The van der Waals surface area contributed by atoms with Crippen LogP contribution in [-0.4, -0.2) is 26.0 Å². The first-order valence-electron chi connectivity index (χ1n) is 7.44. The molecule has 6 nitrogen and oxygen atoms in total. The fraction of sp³-hybridized carbons (Fsp3) is 0.111. The zero-order valence-corrected chi connectivity index (χ0v) is 14.5. The Hall–Kier alpha value is -2.99. The number of pyridine rings is 1. The Morgan fingerprint density at radius 2 is 1.68 bits per heavy atom. The van der Waals surface area contributed by atoms with Gasteiger partial charge in [0.15, 0.2) is 0 Å². The molecule has 0 saturated heterocycles. The molecule has 0 spiro atoms. The number of carboxylic acid groups (broad SMARTS) is 1. The molecular weight excluding hydrogens is 340 g/mol. The normalized spacial score (nSPS) is 9.72. The van der Waals surface area contributed by atoms with E-state index in [1.807, 2.05) is 50.2 Å². The van der Waals surface area contributed by atoms with Gasteiger partial charge in [0.2, 0.25) is 5.95 Å². The molecule has 0 fully saturated rings. The molecule has 3 rings (SSSR count). The molecule has 1 aromatic carbocycles. The molecule has 0 aliphatic rings. The Labute approximate surface area is 150 Å². The number of rotatable bonds is 3. The predicted molar refractivity (Wildman–Crippen MR) is 97.4 cm³/mol. The Morgan fingerprint density at radius 3 is 2.20 bits per heavy atom. The molecule has 128 valence electrons. The number of anilines is 2. The molecule has 0 atom stereocenters. The fourth-order valence-electron chi connectivity index (χ4n) is 1.98. The number of carboxylic acids is 1. The van der Waals surface area contributed by atoms with Gasteiger partial charge in [0, 0.05) is 23.3 Å². The minimum atomic E-state index is -1.06. The first-order valence-corrected chi connectivity index (χ1v) is 7.81. The monoisotopic (exact) mass is 356 g/mol. The topological polar surface area (TPSA) is 88.0 Å². The molecule has 7 heteroatoms. The molecule has 2 heterocycles. The van der Waals surface area contributed by atoms with Gasteiger partial charge in [0.05, 0.1) is 5.56 Å². The Bertz CT molecular complexity index is 836. The average Bonchev–Trinajstić information content (AvgIpc) is 2.55. The van der Waals surface area contributed by atoms with Gasteiger partial charge in [-0.1, -0.05) is 29.8 Å². The highest BCUT2D eigenvalue weighted by atomic mass is 35.5. The smallest absolute Gasteiger partial charge is 0.338 e. The molecule has 3 aromatic rings. The van der Waals surface area contributed by atoms with E-state index in [1.165, 1.54) is 18.3 Å². The maximum absolute atomic E-state index is 10.3. The molecule has 0 aliphatic carbocycles. The van der Waals surface area contributed by atoms with E-state index < -0.39 is 5.97 Å². The third-order valence-corrected chi connectivity index (χ3v) is 3.30. The lowest BCUT2D eigenvalue weighted by atomic mass is 10.3. The van der Waals surface area contributed by atoms with E-state index in [-0.39, 0.29) is 10.7 Å². The Kier molecular flexibility index (Phi) is 6.42. The third kappa shape index (κ3) is 5.86. The number of benzene rings is 1. The van der Waals surface area contributed by atoms with Gasteiger partial charge in [-0.25, -0.2) is 19.7 Å². The molecule has 0 bridgehead atoms. The molecule has 25 heavy (non-hydrogen) atoms. The van der Waals surface area contributed by atoms with Crippen LogP contribution < -0.4 is 5.32 Å². The summed E-state index contributed by atoms with van der Waals surface area (Å²) in [7, 11) is 0. The van der Waals surface area contributed by atoms with E-state index in [0.717, 1.165) is 17.1 Å². The molecule has 2 N–H and O–H groups in total. The summed E-state index contributed by atoms with van der Waals surface area (Å²) in [5.41, 5.74) is 2.98. The SMILES string of the molecule is Cc1cc(C)nc(Nc2ccccc2)n1.O=C(O)c1cccnc1Cl. The molecule has 0 radical (unpaired) electrons. The number of aromatic nitrogens is 3. The summed E-state index contributed by atoms with van der Waals surface area (Å²) in [5.74, 6) is -0.406. The number of nitrogens with zero attached hydrogens (tertiary/aromatic N) is 3. The van der Waals surface area contributed by atoms with Gasteiger partial charge in [-0.15, -0.1) is 0 Å². The first kappa shape index (κ1) is 18.4. The fourth-order valence-corrected chi connectivity index (χ4v) is 2.18. The quantitative estimate of drug-likeness (QED) is 0.681. The maximum Gasteiger partial charge on any atom is 0.338 e. The van der Waals surface area contributed by atoms with E-state index in [9.17, 15) is 4.79 Å². The third-order valence-electron chi connectivity index (χ3n) is 3.00. The number of aryl methyl sites for hydroxylation is 2. The van der Waals surface area contributed by atoms with Crippen molar-refractivity contribution in [3.05, 3.63) is 76.8 Å². The van der Waals surface area contributed by atoms with Crippen molar-refractivity contribution in [2.24, 2.45) is 0 Å². The van der Waals surface area contributed by atoms with Crippen LogP contribution in [0.2, 0.25) is 5.15 Å². The molecule has 2 aromatic heterocycles. The summed E-state index contributed by atoms with van der Waals surface area (Å²) in [4.78, 5) is 22.5. The Balaban J connectivity index is 0.000000196. The summed E-state index contributed by atoms with van der Waals surface area (Å²) in [6.07, 6.45) is 1.44. The van der Waals surface area contributed by atoms with E-state index >= 15 is 0 Å². The van der Waals surface area contributed by atoms with Crippen LogP contribution in [0.3, 0.4) is 0 Å². The second-order valence-corrected chi connectivity index (χ2v) is 5.47. The van der Waals surface area contributed by atoms with E-state index in [4.69, 9.17) is 16.7 Å². The summed E-state index contributed by atoms with van der Waals surface area (Å²) in [6.45, 7) is 3.93. The first-order chi connectivity index (χ1) is 12.0. The van der Waals surface area contributed by atoms with Crippen LogP contribution in [0.4, 0.5) is 11.6 Å². The van der Waals surface area contributed by atoms with Gasteiger partial charge in [-0.2, -0.15) is 0 Å². The summed E-state index contributed by atoms with van der Waals surface area (Å²) < 4.78 is 0. The van der Waals surface area contributed by atoms with Gasteiger partial charge in [0.25, 0.3) is 0 Å². The predicted octanol–water partition coefficient (Wildman–Crippen LogP) is 4.27. The number of para-hydroxylation sites is 1. The molecular formula is C18H17ClN4O2. The van der Waals surface area contributed by atoms with Crippen LogP contribution in [-0.2, 0) is 0 Å². The van der Waals surface area contributed by atoms with Crippen molar-refractivity contribution >= 4 is 29.2 Å². The zero-order chi connectivity index (χ0) is 18.2. The number of hydrogen-bond acceptors (Lipinski definition) is 5. The standard InChI is InChI=1S/C12H13N3.C6H4ClNO2/c1-9-8-10(2)14-12(13-9)15-11-6-4-3-5-7-11;7-5-4(6(9)10)2-1-3-8-5/h3-8H,1-2H3,(H,13,14,15);1-3H,(H,9,10). The Morgan fingerprint density at radius 1 is 1.04 bits per heavy atom. The van der Waals surface area contributed by atoms with Gasteiger partial charge >= 0.3 is 5.97 Å². The van der Waals surface area contributed by atoms with Gasteiger partial charge in [0.1, 0.15) is 5.15 Å². The highest BCUT2D eigenvalue weighted by molar-refractivity contribution is 6.32. The summed E-state index contributed by atoms with van der Waals surface area (Å²) in [6, 6.07) is 14.8. The van der Waals surface area contributed by atoms with Gasteiger partial charge < -0.3 is 10.4 Å². The van der Waals surface area contributed by atoms with Crippen LogP contribution >= 0.6 is 11.6 Å². The van der Waals surface area contributed by atoms with E-state index in [1.54, 1.807) is 0 Å². The highest BCUT2D eigenvalue weighted by Gasteiger charge is 2.06. The van der Waals surface area contributed by atoms with Crippen molar-refractivity contribution in [3.8, 4) is 0 Å². The molecule has 0 unspecified atom stereocenters. The lowest BCUT2D eigenvalue weighted by Gasteiger charge is -2.05. The van der Waals surface area contributed by atoms with Crippen LogP contribution in [0.1, 0.15) is 21.7 Å². The van der Waals surface area contributed by atoms with Crippen molar-refractivity contribution < 1.29 is 9.90 Å². The molecule has 0 aliphatic heterocycles. The summed E-state index contributed by atoms with van der Waals surface area (Å²) >= 11 is 5.43. The lowest BCUT2D eigenvalue weighted by Crippen LogP contribution is -1.99. The largest absolute Gasteiger partial charge is 0.478 e. The number of carbonyl (C=O) groups is 1. The van der Waals surface area contributed by atoms with E-state index in [0.29, 0.717) is 5.95 Å². The van der Waals surface area contributed by atoms with Crippen molar-refractivity contribution in [2.75, 3.05) is 5.32 Å². The number of nitrogens with one attached hydrogen (secondary N) is 1. The van der Waals surface area contributed by atoms with Crippen LogP contribution in [0.25, 0.3) is 0 Å². The van der Waals surface area contributed by atoms with Gasteiger partial charge in [-0.3, -0.25) is 0 Å². The van der Waals surface area contributed by atoms with Crippen LogP contribution in [0.5, 0.6) is 0 Å². The summed E-state index contributed by atoms with van der Waals surface area (Å²) in [5, 5.41) is 11.6. The van der Waals surface area contributed by atoms with E-state index in [2.05, 4.69) is 20.3 Å². The van der Waals surface area contributed by atoms with Crippen LogP contribution in [0.15, 0.2) is 54.7 Å². The lowest BCUT2D eigenvalue weighted by molar-refractivity contribution is 0.0696. The minimum absolute atomic E-state index is 0.0231. The van der Waals surface area contributed by atoms with Crippen molar-refractivity contribution in [2.45, 2.75) is 13.8 Å². The zero-order valence-electron chi connectivity index (χ0n) is 13.8. The molecule has 0 amide bonds. The number of aromatic carboxylic acids is 1. The maximum atomic E-state index is 10.3. The molecule has 0 saturated carbocycles. The van der Waals surface area contributed by atoms with Crippen LogP contribution in [0, 0.1) is 13.8 Å². The number of hydrogen-bond donors (Lipinski definition) is 2. The number of halogens is 1. The highest BCUT2D eigenvalue weighted by Crippen LogP contribution is 2.12. The van der Waals surface area contributed by atoms with Crippen molar-refractivity contribution in [1.82, 2.24) is 15.0 Å². The second-order valence-electron chi connectivity index (χ2n) is 5.11. The minimum Gasteiger partial charge on any atom is -0.478 e. The second kappa shape index (κ2) is 8.75.